The highest BCUT2D eigenvalue weighted by Crippen LogP contribution is 2.33. The van der Waals surface area contributed by atoms with Gasteiger partial charge in [-0.2, -0.15) is 0 Å². The molecule has 0 bridgehead atoms. The van der Waals surface area contributed by atoms with E-state index in [1.165, 1.54) is 142 Å². The number of pyridine rings is 4. The van der Waals surface area contributed by atoms with Crippen molar-refractivity contribution in [2.45, 2.75) is 254 Å². The summed E-state index contributed by atoms with van der Waals surface area (Å²) >= 11 is 0. The summed E-state index contributed by atoms with van der Waals surface area (Å²) in [5, 5.41) is 8.97. The molecule has 0 radical (unpaired) electrons. The Bertz CT molecular complexity index is 4240. The quantitative estimate of drug-likeness (QED) is 0.0597. The topological polar surface area (TPSA) is 181 Å². The first-order valence-electron chi connectivity index (χ1n) is 46.4. The number of hydrogen-bond donors (Lipinski definition) is 1. The lowest BCUT2D eigenvalue weighted by atomic mass is 9.87. The van der Waals surface area contributed by atoms with Gasteiger partial charge in [-0.15, -0.1) is 0 Å². The van der Waals surface area contributed by atoms with Gasteiger partial charge in [-0.3, -0.25) is 4.90 Å². The molecule has 0 spiro atoms. The van der Waals surface area contributed by atoms with Gasteiger partial charge in [-0.1, -0.05) is 206 Å². The summed E-state index contributed by atoms with van der Waals surface area (Å²) in [6, 6.07) is 42.2. The Hall–Kier alpha value is -7.43. The number of hydrogen-bond acceptors (Lipinski definition) is 19. The highest BCUT2D eigenvalue weighted by Gasteiger charge is 2.26. The second kappa shape index (κ2) is 50.5. The van der Waals surface area contributed by atoms with Gasteiger partial charge in [-0.05, 0) is 249 Å². The number of rotatable bonds is 23. The van der Waals surface area contributed by atoms with Crippen LogP contribution < -0.4 is 33.5 Å². The van der Waals surface area contributed by atoms with E-state index in [2.05, 4.69) is 313 Å². The van der Waals surface area contributed by atoms with Crippen LogP contribution in [-0.2, 0) is 52.5 Å². The smallest absolute Gasteiger partial charge is 0.213 e. The van der Waals surface area contributed by atoms with Gasteiger partial charge < -0.3 is 58.0 Å². The van der Waals surface area contributed by atoms with Gasteiger partial charge in [-0.25, -0.2) is 28.4 Å². The highest BCUT2D eigenvalue weighted by molar-refractivity contribution is 7.90. The third-order valence-corrected chi connectivity index (χ3v) is 24.8. The minimum Gasteiger partial charge on any atom is -0.493 e. The molecular weight excluding hydrogens is 1580 g/mol. The summed E-state index contributed by atoms with van der Waals surface area (Å²) in [6.07, 6.45) is 21.0. The van der Waals surface area contributed by atoms with Crippen LogP contribution in [0.3, 0.4) is 0 Å². The molecule has 3 aromatic carbocycles. The summed E-state index contributed by atoms with van der Waals surface area (Å²) in [7, 11) is 7.42. The van der Waals surface area contributed by atoms with Crippen LogP contribution in [0.25, 0.3) is 0 Å². The van der Waals surface area contributed by atoms with Crippen LogP contribution in [0.15, 0.2) is 146 Å². The van der Waals surface area contributed by atoms with Crippen molar-refractivity contribution in [2.24, 2.45) is 17.8 Å². The number of aliphatic hydroxyl groups excluding tert-OH is 1. The number of nitrogens with zero attached hydrogens (tertiary/aromatic N) is 10. The second-order valence-corrected chi connectivity index (χ2v) is 44.8. The molecule has 1 aliphatic carbocycles. The molecule has 1 N–H and O–H groups in total. The molecule has 1 atom stereocenters. The zero-order valence-corrected chi connectivity index (χ0v) is 83.6. The molecule has 125 heavy (non-hydrogen) atoms. The molecule has 4 saturated heterocycles. The van der Waals surface area contributed by atoms with E-state index in [1.54, 1.807) is 13.3 Å². The predicted octanol–water partition coefficient (Wildman–Crippen LogP) is 20.6. The van der Waals surface area contributed by atoms with Crippen LogP contribution in [0.2, 0.25) is 0 Å². The highest BCUT2D eigenvalue weighted by atomic mass is 32.2. The standard InChI is InChI=1S/2C17H27NO.2C16H26N2O.C13H22N2O.C13H21NO3S.C13H19NO/c1-17(2,3)15-8-5-9-16(11-15)19-13-14-7-6-10-18(4)12-14;1-17(2,3)15-6-5-7-16(12-15)19-13-14-8-10-18(4)11-9-14;1-16(2,3)14-5-6-15(17-11-14)19-12-13-7-9-18(4)10-8-13;1-16(2,3)14-5-4-6-15(13-14)18-9-7-17(8-10-18)11-12-19;1-13(2,3)11-6-7-12(14-10-11)15(4)8-9-16-5;1-13(2,3)11-6-7-12(14-10-11)17-8-5-9-18(4,15)16;1-13(2,3)10-7-8-12(14-9-10)15-11-5-4-6-11/h5,8-9,11,14H,6-7,10,12-13H2,1-4H3;5-7,12,14H,8-11,13H2,1-4H3;5-6,11,13H,7-10,12H2,1-4H3;4-6,13,19H,7-12H2,1-3H3;6-7,10H,8-9H2,1-5H3;6-7,10H,5,8-9H2,1-4H3;7-9,11H,4-6H2,1-3H3. The molecule has 7 aromatic rings. The van der Waals surface area contributed by atoms with E-state index < -0.39 is 9.84 Å². The van der Waals surface area contributed by atoms with E-state index in [0.29, 0.717) is 36.8 Å². The van der Waals surface area contributed by atoms with Crippen molar-refractivity contribution in [1.29, 1.82) is 0 Å². The van der Waals surface area contributed by atoms with Gasteiger partial charge in [0, 0.05) is 121 Å². The third-order valence-electron chi connectivity index (χ3n) is 23.8. The lowest BCUT2D eigenvalue weighted by molar-refractivity contribution is 0.114. The van der Waals surface area contributed by atoms with Crippen LogP contribution in [0.5, 0.6) is 29.1 Å². The van der Waals surface area contributed by atoms with E-state index in [-0.39, 0.29) is 50.3 Å². The Morgan fingerprint density at radius 3 is 1.23 bits per heavy atom. The first-order chi connectivity index (χ1) is 58.5. The van der Waals surface area contributed by atoms with Gasteiger partial charge in [0.2, 0.25) is 17.6 Å². The average Bonchev–Trinajstić information content (AvgIpc) is 0.831. The van der Waals surface area contributed by atoms with E-state index in [1.807, 2.05) is 49.9 Å². The van der Waals surface area contributed by atoms with E-state index in [4.69, 9.17) is 33.5 Å². The lowest BCUT2D eigenvalue weighted by Crippen LogP contribution is -2.47. The number of likely N-dealkylation sites (N-methyl/N-ethyl adjacent to an activating group) is 1. The van der Waals surface area contributed by atoms with Crippen LogP contribution >= 0.6 is 0 Å². The fraction of sp³-hybridized carbons (Fsp3) is 0.638. The Morgan fingerprint density at radius 1 is 0.424 bits per heavy atom. The maximum Gasteiger partial charge on any atom is 0.213 e. The monoisotopic (exact) mass is 1750 g/mol. The molecule has 12 rings (SSSR count). The predicted molar refractivity (Wildman–Crippen MR) is 523 cm³/mol. The molecule has 698 valence electrons. The number of methoxy groups -OCH3 is 1. The molecule has 5 fully saturated rings. The molecule has 5 aliphatic rings. The summed E-state index contributed by atoms with van der Waals surface area (Å²) in [6.45, 7) is 63.2. The van der Waals surface area contributed by atoms with Crippen molar-refractivity contribution in [1.82, 2.24) is 39.5 Å². The van der Waals surface area contributed by atoms with Crippen molar-refractivity contribution in [3.63, 3.8) is 0 Å². The zero-order chi connectivity index (χ0) is 92.4. The number of sulfone groups is 1. The maximum atomic E-state index is 10.9. The number of likely N-dealkylation sites (tertiary alicyclic amines) is 3. The number of β-amino-alcohol motifs (C(OH)–C–C–N with tert-alkyl or cyclic N) is 1. The van der Waals surface area contributed by atoms with E-state index in [9.17, 15) is 8.42 Å². The fourth-order valence-electron chi connectivity index (χ4n) is 14.4. The Kier molecular flexibility index (Phi) is 43.0. The molecule has 8 heterocycles. The third kappa shape index (κ3) is 41.3. The molecule has 20 heteroatoms. The number of aliphatic hydroxyl groups is 1. The number of ether oxygens (including phenoxy) is 6. The first-order valence-corrected chi connectivity index (χ1v) is 48.5. The minimum absolute atomic E-state index is 0.0712. The summed E-state index contributed by atoms with van der Waals surface area (Å²) in [5.74, 6) is 7.31. The van der Waals surface area contributed by atoms with Crippen molar-refractivity contribution in [3.05, 3.63) is 185 Å². The van der Waals surface area contributed by atoms with E-state index in [0.717, 1.165) is 106 Å². The van der Waals surface area contributed by atoms with Gasteiger partial charge in [0.15, 0.2) is 0 Å². The molecule has 1 saturated carbocycles. The zero-order valence-electron chi connectivity index (χ0n) is 82.8. The molecular formula is C105H168N10O9S. The summed E-state index contributed by atoms with van der Waals surface area (Å²) in [4.78, 5) is 31.5. The van der Waals surface area contributed by atoms with Crippen LogP contribution in [0.4, 0.5) is 11.5 Å². The lowest BCUT2D eigenvalue weighted by Gasteiger charge is -2.36. The Balaban J connectivity index is 0.000000226. The first kappa shape index (κ1) is 106. The van der Waals surface area contributed by atoms with Gasteiger partial charge in [0.05, 0.1) is 45.4 Å². The molecule has 19 nitrogen and oxygen atoms in total. The number of piperidine rings is 3. The van der Waals surface area contributed by atoms with Crippen molar-refractivity contribution >= 4 is 21.3 Å². The van der Waals surface area contributed by atoms with Crippen molar-refractivity contribution < 1.29 is 41.9 Å². The molecule has 4 aliphatic heterocycles. The average molecular weight is 1750 g/mol. The van der Waals surface area contributed by atoms with Crippen molar-refractivity contribution in [2.75, 3.05) is 175 Å². The van der Waals surface area contributed by atoms with Crippen LogP contribution in [0.1, 0.15) is 249 Å². The van der Waals surface area contributed by atoms with Crippen LogP contribution in [0, 0.1) is 17.8 Å². The number of aromatic nitrogens is 4. The number of anilines is 2. The van der Waals surface area contributed by atoms with Crippen molar-refractivity contribution in [3.8, 4) is 29.1 Å². The Morgan fingerprint density at radius 2 is 0.840 bits per heavy atom. The summed E-state index contributed by atoms with van der Waals surface area (Å²) < 4.78 is 55.8. The molecule has 1 unspecified atom stereocenters. The normalized spacial score (nSPS) is 16.9. The molecule has 4 aromatic heterocycles. The SMILES string of the molecule is CC(C)(C)c1ccc(OC2CCC2)nc1.CC(C)(C)c1ccc(OCCCS(C)(=O)=O)nc1.CC(C)(C)c1cccc(N2CCN(CCO)CC2)c1.CN1CCC(COc2ccc(C(C)(C)C)cn2)CC1.CN1CCC(COc2cccc(C(C)(C)C)c2)CC1.CN1CCCC(COc2cccc(C(C)(C)C)c2)C1.COCCN(C)c1ccc(C(C)(C)C)cn1. The maximum absolute atomic E-state index is 10.9. The van der Waals surface area contributed by atoms with Crippen LogP contribution in [-0.4, -0.2) is 225 Å². The van der Waals surface area contributed by atoms with E-state index >= 15 is 0 Å². The fourth-order valence-corrected chi connectivity index (χ4v) is 15.1. The summed E-state index contributed by atoms with van der Waals surface area (Å²) in [5.41, 5.74) is 11.4. The van der Waals surface area contributed by atoms with Gasteiger partial charge in [0.25, 0.3) is 0 Å². The number of benzene rings is 3. The van der Waals surface area contributed by atoms with Gasteiger partial charge >= 0.3 is 0 Å². The molecule has 0 amide bonds. The van der Waals surface area contributed by atoms with Gasteiger partial charge in [0.1, 0.15) is 33.3 Å². The number of piperazine rings is 1. The minimum atomic E-state index is -2.91. The Labute approximate surface area is 759 Å². The second-order valence-electron chi connectivity index (χ2n) is 42.6. The largest absolute Gasteiger partial charge is 0.493 e.